The highest BCUT2D eigenvalue weighted by Gasteiger charge is 2.27. The van der Waals surface area contributed by atoms with Crippen molar-refractivity contribution in [2.75, 3.05) is 26.5 Å². The lowest BCUT2D eigenvalue weighted by Gasteiger charge is -2.27. The molecule has 2 aromatic rings. The molecule has 4 rings (SSSR count). The molecule has 1 saturated heterocycles. The molecular formula is C23H27N3O6. The standard InChI is InChI=1S/C23H27N3O6/c24-22(28)13-30-17-6-4-16(5-7-17)23(29)25-18-12-26(9-1-2-19(18)27)11-15-3-8-20-21(10-15)32-14-31-20/h3-8,10,18-19,27H,1-2,9,11-14H2,(H2,24,28)(H,25,29)/t18-,19-/m1/s1. The summed E-state index contributed by atoms with van der Waals surface area (Å²) in [6.45, 7) is 2.05. The number of nitrogens with two attached hydrogens (primary N) is 1. The molecule has 2 aliphatic rings. The second-order valence-electron chi connectivity index (χ2n) is 7.99. The summed E-state index contributed by atoms with van der Waals surface area (Å²) in [4.78, 5) is 25.8. The van der Waals surface area contributed by atoms with E-state index in [0.717, 1.165) is 30.0 Å². The van der Waals surface area contributed by atoms with Crippen LogP contribution in [0.4, 0.5) is 0 Å². The predicted octanol–water partition coefficient (Wildman–Crippen LogP) is 1.03. The van der Waals surface area contributed by atoms with Gasteiger partial charge in [0.25, 0.3) is 11.8 Å². The van der Waals surface area contributed by atoms with E-state index in [4.69, 9.17) is 19.9 Å². The zero-order chi connectivity index (χ0) is 22.5. The van der Waals surface area contributed by atoms with Gasteiger partial charge in [0.05, 0.1) is 12.1 Å². The lowest BCUT2D eigenvalue weighted by Crippen LogP contribution is -2.48. The first-order chi connectivity index (χ1) is 15.5. The third-order valence-electron chi connectivity index (χ3n) is 5.55. The molecule has 0 saturated carbocycles. The third kappa shape index (κ3) is 5.49. The molecule has 0 bridgehead atoms. The highest BCUT2D eigenvalue weighted by atomic mass is 16.7. The van der Waals surface area contributed by atoms with Crippen LogP contribution < -0.4 is 25.3 Å². The molecule has 2 atom stereocenters. The van der Waals surface area contributed by atoms with E-state index in [9.17, 15) is 14.7 Å². The SMILES string of the molecule is NC(=O)COc1ccc(C(=O)N[C@@H]2CN(Cc3ccc4c(c3)OCO4)CCC[C@H]2O)cc1. The molecule has 4 N–H and O–H groups in total. The topological polar surface area (TPSA) is 123 Å². The molecule has 32 heavy (non-hydrogen) atoms. The molecule has 2 heterocycles. The lowest BCUT2D eigenvalue weighted by molar-refractivity contribution is -0.119. The van der Waals surface area contributed by atoms with E-state index >= 15 is 0 Å². The maximum absolute atomic E-state index is 12.8. The van der Waals surface area contributed by atoms with E-state index in [1.54, 1.807) is 24.3 Å². The van der Waals surface area contributed by atoms with E-state index in [0.29, 0.717) is 30.8 Å². The van der Waals surface area contributed by atoms with Crippen molar-refractivity contribution in [2.45, 2.75) is 31.5 Å². The van der Waals surface area contributed by atoms with Gasteiger partial charge in [-0.25, -0.2) is 0 Å². The summed E-state index contributed by atoms with van der Waals surface area (Å²) in [6, 6.07) is 11.9. The number of carbonyl (C=O) groups is 2. The summed E-state index contributed by atoms with van der Waals surface area (Å²) in [7, 11) is 0. The molecule has 2 amide bonds. The number of hydrogen-bond acceptors (Lipinski definition) is 7. The van der Waals surface area contributed by atoms with Crippen molar-refractivity contribution in [3.8, 4) is 17.2 Å². The van der Waals surface area contributed by atoms with Crippen LogP contribution in [0.15, 0.2) is 42.5 Å². The monoisotopic (exact) mass is 441 g/mol. The number of rotatable bonds is 7. The summed E-state index contributed by atoms with van der Waals surface area (Å²) < 4.78 is 16.0. The number of amides is 2. The number of carbonyl (C=O) groups excluding carboxylic acids is 2. The van der Waals surface area contributed by atoms with Crippen LogP contribution in [0.5, 0.6) is 17.2 Å². The maximum atomic E-state index is 12.8. The van der Waals surface area contributed by atoms with Crippen molar-refractivity contribution in [2.24, 2.45) is 5.73 Å². The largest absolute Gasteiger partial charge is 0.484 e. The second kappa shape index (κ2) is 9.88. The number of nitrogens with one attached hydrogen (secondary N) is 1. The van der Waals surface area contributed by atoms with Crippen molar-refractivity contribution in [3.63, 3.8) is 0 Å². The molecule has 1 fully saturated rings. The first-order valence-electron chi connectivity index (χ1n) is 10.6. The third-order valence-corrected chi connectivity index (χ3v) is 5.55. The lowest BCUT2D eigenvalue weighted by atomic mass is 10.1. The van der Waals surface area contributed by atoms with E-state index in [1.807, 2.05) is 18.2 Å². The molecule has 170 valence electrons. The Morgan fingerprint density at radius 1 is 1.16 bits per heavy atom. The van der Waals surface area contributed by atoms with Gasteiger partial charge < -0.3 is 30.4 Å². The number of aliphatic hydroxyl groups excluding tert-OH is 1. The number of fused-ring (bicyclic) bond motifs is 1. The number of nitrogens with zero attached hydrogens (tertiary/aromatic N) is 1. The average Bonchev–Trinajstić information content (AvgIpc) is 3.18. The Hall–Kier alpha value is -3.30. The number of primary amides is 1. The van der Waals surface area contributed by atoms with Crippen LogP contribution in [-0.4, -0.2) is 60.5 Å². The summed E-state index contributed by atoms with van der Waals surface area (Å²) in [5, 5.41) is 13.5. The number of ether oxygens (including phenoxy) is 3. The smallest absolute Gasteiger partial charge is 0.255 e. The van der Waals surface area contributed by atoms with Crippen molar-refractivity contribution in [1.29, 1.82) is 0 Å². The molecule has 2 aliphatic heterocycles. The van der Waals surface area contributed by atoms with Gasteiger partial charge in [-0.1, -0.05) is 6.07 Å². The summed E-state index contributed by atoms with van der Waals surface area (Å²) in [6.07, 6.45) is 0.825. The maximum Gasteiger partial charge on any atom is 0.255 e. The molecule has 0 aromatic heterocycles. The Morgan fingerprint density at radius 3 is 2.72 bits per heavy atom. The first kappa shape index (κ1) is 21.9. The van der Waals surface area contributed by atoms with Crippen LogP contribution in [-0.2, 0) is 11.3 Å². The summed E-state index contributed by atoms with van der Waals surface area (Å²) in [5.41, 5.74) is 6.59. The molecule has 9 heteroatoms. The van der Waals surface area contributed by atoms with E-state index in [1.165, 1.54) is 0 Å². The highest BCUT2D eigenvalue weighted by molar-refractivity contribution is 5.94. The fourth-order valence-electron chi connectivity index (χ4n) is 3.91. The fraction of sp³-hybridized carbons (Fsp3) is 0.391. The summed E-state index contributed by atoms with van der Waals surface area (Å²) in [5.74, 6) is 1.09. The van der Waals surface area contributed by atoms with E-state index in [-0.39, 0.29) is 19.3 Å². The number of aliphatic hydroxyl groups is 1. The number of likely N-dealkylation sites (tertiary alicyclic amines) is 1. The quantitative estimate of drug-likeness (QED) is 0.586. The van der Waals surface area contributed by atoms with Crippen LogP contribution in [0.1, 0.15) is 28.8 Å². The Labute approximate surface area is 186 Å². The van der Waals surface area contributed by atoms with Crippen molar-refractivity contribution < 1.29 is 28.9 Å². The molecule has 0 radical (unpaired) electrons. The van der Waals surface area contributed by atoms with Crippen LogP contribution in [0.25, 0.3) is 0 Å². The normalized spacial score (nSPS) is 20.4. The van der Waals surface area contributed by atoms with E-state index in [2.05, 4.69) is 10.2 Å². The van der Waals surface area contributed by atoms with Crippen molar-refractivity contribution >= 4 is 11.8 Å². The molecular weight excluding hydrogens is 414 g/mol. The van der Waals surface area contributed by atoms with E-state index < -0.39 is 18.1 Å². The molecule has 9 nitrogen and oxygen atoms in total. The van der Waals surface area contributed by atoms with Gasteiger partial charge in [0.2, 0.25) is 6.79 Å². The van der Waals surface area contributed by atoms with Crippen LogP contribution in [0, 0.1) is 0 Å². The summed E-state index contributed by atoms with van der Waals surface area (Å²) >= 11 is 0. The Morgan fingerprint density at radius 2 is 1.94 bits per heavy atom. The van der Waals surface area contributed by atoms with Gasteiger partial charge in [0.15, 0.2) is 18.1 Å². The average molecular weight is 441 g/mol. The van der Waals surface area contributed by atoms with Gasteiger partial charge in [-0.3, -0.25) is 14.5 Å². The zero-order valence-electron chi connectivity index (χ0n) is 17.7. The van der Waals surface area contributed by atoms with Gasteiger partial charge in [-0.2, -0.15) is 0 Å². The second-order valence-corrected chi connectivity index (χ2v) is 7.99. The fourth-order valence-corrected chi connectivity index (χ4v) is 3.91. The molecule has 0 aliphatic carbocycles. The Kier molecular flexibility index (Phi) is 6.77. The minimum Gasteiger partial charge on any atom is -0.484 e. The van der Waals surface area contributed by atoms with Gasteiger partial charge >= 0.3 is 0 Å². The Balaban J connectivity index is 1.37. The molecule has 0 unspecified atom stereocenters. The Bertz CT molecular complexity index is 965. The van der Waals surface area contributed by atoms with Gasteiger partial charge in [-0.05, 0) is 61.3 Å². The predicted molar refractivity (Wildman–Crippen MR) is 115 cm³/mol. The van der Waals surface area contributed by atoms with Crippen molar-refractivity contribution in [3.05, 3.63) is 53.6 Å². The zero-order valence-corrected chi connectivity index (χ0v) is 17.7. The molecule has 2 aromatic carbocycles. The van der Waals surface area contributed by atoms with Crippen LogP contribution >= 0.6 is 0 Å². The number of hydrogen-bond donors (Lipinski definition) is 3. The van der Waals surface area contributed by atoms with Gasteiger partial charge in [0, 0.05) is 18.7 Å². The minimum absolute atomic E-state index is 0.223. The molecule has 0 spiro atoms. The van der Waals surface area contributed by atoms with Gasteiger partial charge in [-0.15, -0.1) is 0 Å². The van der Waals surface area contributed by atoms with Crippen LogP contribution in [0.3, 0.4) is 0 Å². The van der Waals surface area contributed by atoms with Gasteiger partial charge in [0.1, 0.15) is 5.75 Å². The van der Waals surface area contributed by atoms with Crippen LogP contribution in [0.2, 0.25) is 0 Å². The number of benzene rings is 2. The van der Waals surface area contributed by atoms with Crippen molar-refractivity contribution in [1.82, 2.24) is 10.2 Å². The highest BCUT2D eigenvalue weighted by Crippen LogP contribution is 2.33. The first-order valence-corrected chi connectivity index (χ1v) is 10.6. The minimum atomic E-state index is -0.626.